The molecule has 2 rings (SSSR count). The summed E-state index contributed by atoms with van der Waals surface area (Å²) >= 11 is 6.64. The van der Waals surface area contributed by atoms with E-state index >= 15 is 0 Å². The number of thiophene rings is 1. The topological polar surface area (TPSA) is 77.5 Å². The number of halogens is 1. The molecule has 1 aliphatic heterocycles. The molecule has 1 aromatic rings. The van der Waals surface area contributed by atoms with Crippen molar-refractivity contribution in [3.63, 3.8) is 0 Å². The molecule has 0 radical (unpaired) electrons. The third-order valence-electron chi connectivity index (χ3n) is 2.84. The summed E-state index contributed by atoms with van der Waals surface area (Å²) in [6.07, 6.45) is 1.64. The molecular formula is C10H11ClNO4S2-. The van der Waals surface area contributed by atoms with Crippen LogP contribution in [0.1, 0.15) is 19.3 Å². The number of nitrogens with zero attached hydrogens (tertiary/aromatic N) is 1. The van der Waals surface area contributed by atoms with Crippen molar-refractivity contribution in [3.8, 4) is 0 Å². The Kier molecular flexibility index (Phi) is 3.96. The molecule has 1 aromatic heterocycles. The zero-order chi connectivity index (χ0) is 13.3. The molecule has 0 aromatic carbocycles. The number of piperidine rings is 1. The lowest BCUT2D eigenvalue weighted by molar-refractivity contribution is -0.311. The SMILES string of the molecule is O=C([O-])[C@H]1CCCCN1S(=O)(=O)c1ccc(Cl)s1. The molecule has 0 unspecified atom stereocenters. The number of carboxylic acids is 1. The van der Waals surface area contributed by atoms with Crippen molar-refractivity contribution in [1.82, 2.24) is 4.31 Å². The average Bonchev–Trinajstić information content (AvgIpc) is 2.76. The number of carbonyl (C=O) groups excluding carboxylic acids is 1. The first-order valence-electron chi connectivity index (χ1n) is 5.41. The van der Waals surface area contributed by atoms with E-state index in [0.717, 1.165) is 15.6 Å². The predicted molar refractivity (Wildman–Crippen MR) is 65.9 cm³/mol. The first-order valence-corrected chi connectivity index (χ1v) is 8.04. The number of carbonyl (C=O) groups is 1. The maximum Gasteiger partial charge on any atom is 0.253 e. The van der Waals surface area contributed by atoms with Crippen molar-refractivity contribution in [2.24, 2.45) is 0 Å². The lowest BCUT2D eigenvalue weighted by Crippen LogP contribution is -2.52. The Balaban J connectivity index is 2.36. The second-order valence-corrected chi connectivity index (χ2v) is 7.84. The summed E-state index contributed by atoms with van der Waals surface area (Å²) in [5.74, 6) is -1.35. The van der Waals surface area contributed by atoms with Gasteiger partial charge in [-0.15, -0.1) is 11.3 Å². The Morgan fingerprint density at radius 1 is 1.44 bits per heavy atom. The van der Waals surface area contributed by atoms with Gasteiger partial charge in [-0.3, -0.25) is 0 Å². The Bertz CT molecular complexity index is 554. The van der Waals surface area contributed by atoms with Crippen LogP contribution in [-0.4, -0.2) is 31.3 Å². The van der Waals surface area contributed by atoms with E-state index in [1.165, 1.54) is 12.1 Å². The molecule has 0 bridgehead atoms. The van der Waals surface area contributed by atoms with Gasteiger partial charge in [0.2, 0.25) is 0 Å². The first kappa shape index (κ1) is 13.8. The molecule has 1 saturated heterocycles. The van der Waals surface area contributed by atoms with E-state index < -0.39 is 22.0 Å². The Morgan fingerprint density at radius 2 is 2.17 bits per heavy atom. The van der Waals surface area contributed by atoms with Crippen LogP contribution in [0.5, 0.6) is 0 Å². The highest BCUT2D eigenvalue weighted by atomic mass is 35.5. The monoisotopic (exact) mass is 308 g/mol. The van der Waals surface area contributed by atoms with Crippen LogP contribution in [0.3, 0.4) is 0 Å². The van der Waals surface area contributed by atoms with Crippen LogP contribution in [0.2, 0.25) is 4.34 Å². The van der Waals surface area contributed by atoms with Crippen LogP contribution in [0.15, 0.2) is 16.3 Å². The number of hydrogen-bond donors (Lipinski definition) is 0. The number of hydrogen-bond acceptors (Lipinski definition) is 5. The van der Waals surface area contributed by atoms with Gasteiger partial charge < -0.3 is 9.90 Å². The molecule has 5 nitrogen and oxygen atoms in total. The van der Waals surface area contributed by atoms with E-state index in [9.17, 15) is 18.3 Å². The van der Waals surface area contributed by atoms with Crippen LogP contribution in [0.4, 0.5) is 0 Å². The van der Waals surface area contributed by atoms with Crippen molar-refractivity contribution in [2.45, 2.75) is 29.5 Å². The summed E-state index contributed by atoms with van der Waals surface area (Å²) in [6.45, 7) is 0.205. The van der Waals surface area contributed by atoms with Gasteiger partial charge in [0, 0.05) is 6.54 Å². The predicted octanol–water partition coefficient (Wildman–Crippen LogP) is 0.695. The zero-order valence-corrected chi connectivity index (χ0v) is 11.7. The maximum absolute atomic E-state index is 12.3. The van der Waals surface area contributed by atoms with Crippen LogP contribution >= 0.6 is 22.9 Å². The lowest BCUT2D eigenvalue weighted by Gasteiger charge is -2.34. The molecule has 18 heavy (non-hydrogen) atoms. The molecule has 8 heteroatoms. The highest BCUT2D eigenvalue weighted by molar-refractivity contribution is 7.91. The van der Waals surface area contributed by atoms with Crippen molar-refractivity contribution in [1.29, 1.82) is 0 Å². The van der Waals surface area contributed by atoms with Gasteiger partial charge in [0.25, 0.3) is 10.0 Å². The number of sulfonamides is 1. The molecule has 2 heterocycles. The van der Waals surface area contributed by atoms with Crippen LogP contribution in [-0.2, 0) is 14.8 Å². The third kappa shape index (κ3) is 2.54. The van der Waals surface area contributed by atoms with Crippen molar-refractivity contribution in [2.75, 3.05) is 6.54 Å². The first-order chi connectivity index (χ1) is 8.43. The maximum atomic E-state index is 12.3. The minimum absolute atomic E-state index is 0.0700. The molecule has 1 atom stereocenters. The van der Waals surface area contributed by atoms with E-state index in [4.69, 9.17) is 11.6 Å². The Morgan fingerprint density at radius 3 is 2.72 bits per heavy atom. The van der Waals surface area contributed by atoms with E-state index in [1.54, 1.807) is 0 Å². The zero-order valence-electron chi connectivity index (χ0n) is 9.34. The molecule has 0 saturated carbocycles. The minimum Gasteiger partial charge on any atom is -0.548 e. The van der Waals surface area contributed by atoms with E-state index in [0.29, 0.717) is 23.6 Å². The van der Waals surface area contributed by atoms with Crippen molar-refractivity contribution in [3.05, 3.63) is 16.5 Å². The largest absolute Gasteiger partial charge is 0.548 e. The number of rotatable bonds is 3. The quantitative estimate of drug-likeness (QED) is 0.823. The van der Waals surface area contributed by atoms with Gasteiger partial charge in [0.1, 0.15) is 4.21 Å². The fraction of sp³-hybridized carbons (Fsp3) is 0.500. The summed E-state index contributed by atoms with van der Waals surface area (Å²) in [5, 5.41) is 11.0. The highest BCUT2D eigenvalue weighted by Gasteiger charge is 2.34. The van der Waals surface area contributed by atoms with E-state index in [-0.39, 0.29) is 10.8 Å². The molecule has 0 aliphatic carbocycles. The van der Waals surface area contributed by atoms with Gasteiger partial charge in [-0.1, -0.05) is 18.0 Å². The molecule has 0 spiro atoms. The normalized spacial score (nSPS) is 21.9. The summed E-state index contributed by atoms with van der Waals surface area (Å²) < 4.78 is 26.0. The molecular weight excluding hydrogens is 298 g/mol. The van der Waals surface area contributed by atoms with Crippen LogP contribution in [0.25, 0.3) is 0 Å². The van der Waals surface area contributed by atoms with Crippen molar-refractivity contribution < 1.29 is 18.3 Å². The molecule has 0 amide bonds. The molecule has 1 fully saturated rings. The second kappa shape index (κ2) is 5.16. The summed E-state index contributed by atoms with van der Waals surface area (Å²) in [5.41, 5.74) is 0. The standard InChI is InChI=1S/C10H12ClNO4S2/c11-8-4-5-9(17-8)18(15,16)12-6-2-1-3-7(12)10(13)14/h4-5,7H,1-3,6H2,(H,13,14)/p-1/t7-/m1/s1. The van der Waals surface area contributed by atoms with Gasteiger partial charge in [-0.25, -0.2) is 8.42 Å². The van der Waals surface area contributed by atoms with E-state index in [2.05, 4.69) is 0 Å². The lowest BCUT2D eigenvalue weighted by atomic mass is 10.1. The van der Waals surface area contributed by atoms with E-state index in [1.807, 2.05) is 0 Å². The number of carboxylic acid groups (broad SMARTS) is 1. The molecule has 0 N–H and O–H groups in total. The molecule has 1 aliphatic rings. The number of aliphatic carboxylic acids is 1. The minimum atomic E-state index is -3.79. The summed E-state index contributed by atoms with van der Waals surface area (Å²) in [4.78, 5) is 11.0. The smallest absolute Gasteiger partial charge is 0.253 e. The summed E-state index contributed by atoms with van der Waals surface area (Å²) in [6, 6.07) is 1.80. The molecule has 100 valence electrons. The van der Waals surface area contributed by atoms with Gasteiger partial charge in [0.05, 0.1) is 16.3 Å². The fourth-order valence-corrected chi connectivity index (χ4v) is 5.24. The van der Waals surface area contributed by atoms with Crippen LogP contribution in [0, 0.1) is 0 Å². The average molecular weight is 309 g/mol. The van der Waals surface area contributed by atoms with Gasteiger partial charge in [-0.05, 0) is 25.0 Å². The highest BCUT2D eigenvalue weighted by Crippen LogP contribution is 2.31. The fourth-order valence-electron chi connectivity index (χ4n) is 1.98. The third-order valence-corrected chi connectivity index (χ3v) is 6.44. The second-order valence-electron chi connectivity index (χ2n) is 4.00. The van der Waals surface area contributed by atoms with Gasteiger partial charge in [-0.2, -0.15) is 4.31 Å². The Labute approximate surface area is 114 Å². The van der Waals surface area contributed by atoms with Gasteiger partial charge in [0.15, 0.2) is 0 Å². The Hall–Kier alpha value is -0.630. The summed E-state index contributed by atoms with van der Waals surface area (Å²) in [7, 11) is -3.79. The van der Waals surface area contributed by atoms with Crippen LogP contribution < -0.4 is 5.11 Å². The van der Waals surface area contributed by atoms with Crippen molar-refractivity contribution >= 4 is 38.9 Å². The van der Waals surface area contributed by atoms with Gasteiger partial charge >= 0.3 is 0 Å².